The number of rotatable bonds is 3. The summed E-state index contributed by atoms with van der Waals surface area (Å²) >= 11 is 0. The summed E-state index contributed by atoms with van der Waals surface area (Å²) in [6.07, 6.45) is 3.37. The Bertz CT molecular complexity index is 718. The SMILES string of the molecule is CN(Cc1cc(C#N)ccc1F)C1CCCc2ccccc21. The molecule has 1 atom stereocenters. The van der Waals surface area contributed by atoms with Crippen molar-refractivity contribution in [3.63, 3.8) is 0 Å². The van der Waals surface area contributed by atoms with Crippen molar-refractivity contribution in [2.75, 3.05) is 7.05 Å². The molecule has 0 bridgehead atoms. The molecule has 2 aromatic rings. The highest BCUT2D eigenvalue weighted by molar-refractivity contribution is 5.35. The molecule has 0 aliphatic heterocycles. The van der Waals surface area contributed by atoms with Gasteiger partial charge in [0.15, 0.2) is 0 Å². The first-order valence-corrected chi connectivity index (χ1v) is 7.65. The molecule has 0 heterocycles. The van der Waals surface area contributed by atoms with Gasteiger partial charge in [0, 0.05) is 18.2 Å². The van der Waals surface area contributed by atoms with Crippen molar-refractivity contribution < 1.29 is 4.39 Å². The average molecular weight is 294 g/mol. The van der Waals surface area contributed by atoms with Crippen molar-refractivity contribution in [3.8, 4) is 6.07 Å². The number of nitrogens with zero attached hydrogens (tertiary/aromatic N) is 2. The molecule has 0 saturated heterocycles. The Hall–Kier alpha value is -2.18. The monoisotopic (exact) mass is 294 g/mol. The van der Waals surface area contributed by atoms with Gasteiger partial charge >= 0.3 is 0 Å². The van der Waals surface area contributed by atoms with Crippen LogP contribution in [0.3, 0.4) is 0 Å². The van der Waals surface area contributed by atoms with Crippen LogP contribution in [0.1, 0.15) is 41.1 Å². The normalized spacial score (nSPS) is 17.1. The first-order valence-electron chi connectivity index (χ1n) is 7.65. The predicted molar refractivity (Wildman–Crippen MR) is 84.7 cm³/mol. The third-order valence-corrected chi connectivity index (χ3v) is 4.46. The van der Waals surface area contributed by atoms with Crippen LogP contribution < -0.4 is 0 Å². The lowest BCUT2D eigenvalue weighted by atomic mass is 9.87. The second-order valence-corrected chi connectivity index (χ2v) is 5.94. The zero-order chi connectivity index (χ0) is 15.5. The van der Waals surface area contributed by atoms with Crippen LogP contribution in [0.25, 0.3) is 0 Å². The van der Waals surface area contributed by atoms with Crippen molar-refractivity contribution in [2.24, 2.45) is 0 Å². The minimum absolute atomic E-state index is 0.241. The molecule has 112 valence electrons. The van der Waals surface area contributed by atoms with Crippen molar-refractivity contribution in [3.05, 3.63) is 70.5 Å². The summed E-state index contributed by atoms with van der Waals surface area (Å²) in [5.41, 5.74) is 3.85. The lowest BCUT2D eigenvalue weighted by Gasteiger charge is -2.33. The lowest BCUT2D eigenvalue weighted by Crippen LogP contribution is -2.27. The standard InChI is InChI=1S/C19H19FN2/c1-22(13-16-11-14(12-21)9-10-18(16)20)19-8-4-6-15-5-2-3-7-17(15)19/h2-3,5,7,9-11,19H,4,6,8,13H2,1H3. The molecule has 0 spiro atoms. The van der Waals surface area contributed by atoms with E-state index in [-0.39, 0.29) is 5.82 Å². The molecule has 1 aliphatic rings. The third kappa shape index (κ3) is 2.88. The summed E-state index contributed by atoms with van der Waals surface area (Å²) in [6, 6.07) is 15.5. The van der Waals surface area contributed by atoms with Gasteiger partial charge in [-0.2, -0.15) is 5.26 Å². The molecule has 0 fully saturated rings. The maximum absolute atomic E-state index is 14.0. The van der Waals surface area contributed by atoms with E-state index >= 15 is 0 Å². The fourth-order valence-electron chi connectivity index (χ4n) is 3.33. The fraction of sp³-hybridized carbons (Fsp3) is 0.316. The van der Waals surface area contributed by atoms with E-state index in [0.717, 1.165) is 19.3 Å². The Balaban J connectivity index is 1.84. The molecular weight excluding hydrogens is 275 g/mol. The molecule has 0 saturated carbocycles. The van der Waals surface area contributed by atoms with Crippen molar-refractivity contribution in [2.45, 2.75) is 31.8 Å². The molecule has 3 heteroatoms. The molecule has 1 aliphatic carbocycles. The van der Waals surface area contributed by atoms with Gasteiger partial charge in [0.25, 0.3) is 0 Å². The van der Waals surface area contributed by atoms with Gasteiger partial charge < -0.3 is 0 Å². The molecule has 22 heavy (non-hydrogen) atoms. The van der Waals surface area contributed by atoms with Gasteiger partial charge in [0.05, 0.1) is 11.6 Å². The molecule has 2 aromatic carbocycles. The zero-order valence-corrected chi connectivity index (χ0v) is 12.7. The molecule has 3 rings (SSSR count). The Morgan fingerprint density at radius 3 is 2.91 bits per heavy atom. The van der Waals surface area contributed by atoms with Gasteiger partial charge in [-0.3, -0.25) is 4.90 Å². The van der Waals surface area contributed by atoms with E-state index in [9.17, 15) is 4.39 Å². The van der Waals surface area contributed by atoms with Crippen LogP contribution in [-0.2, 0) is 13.0 Å². The number of halogens is 1. The topological polar surface area (TPSA) is 27.0 Å². The average Bonchev–Trinajstić information content (AvgIpc) is 2.56. The van der Waals surface area contributed by atoms with Gasteiger partial charge in [-0.05, 0) is 55.6 Å². The largest absolute Gasteiger partial charge is 0.295 e. The van der Waals surface area contributed by atoms with E-state index in [1.54, 1.807) is 6.07 Å². The van der Waals surface area contributed by atoms with E-state index in [2.05, 4.69) is 35.2 Å². The lowest BCUT2D eigenvalue weighted by molar-refractivity contribution is 0.211. The Labute approximate surface area is 130 Å². The van der Waals surface area contributed by atoms with Gasteiger partial charge in [-0.1, -0.05) is 24.3 Å². The van der Waals surface area contributed by atoms with Crippen LogP contribution in [0.15, 0.2) is 42.5 Å². The van der Waals surface area contributed by atoms with Crippen molar-refractivity contribution in [1.29, 1.82) is 5.26 Å². The van der Waals surface area contributed by atoms with Crippen LogP contribution in [0.5, 0.6) is 0 Å². The molecule has 0 amide bonds. The summed E-state index contributed by atoms with van der Waals surface area (Å²) in [5.74, 6) is -0.241. The second-order valence-electron chi connectivity index (χ2n) is 5.94. The highest BCUT2D eigenvalue weighted by Crippen LogP contribution is 2.34. The quantitative estimate of drug-likeness (QED) is 0.848. The number of fused-ring (bicyclic) bond motifs is 1. The number of hydrogen-bond acceptors (Lipinski definition) is 2. The summed E-state index contributed by atoms with van der Waals surface area (Å²) < 4.78 is 14.0. The van der Waals surface area contributed by atoms with Crippen molar-refractivity contribution >= 4 is 0 Å². The van der Waals surface area contributed by atoms with E-state index in [4.69, 9.17) is 5.26 Å². The molecular formula is C19H19FN2. The zero-order valence-electron chi connectivity index (χ0n) is 12.7. The highest BCUT2D eigenvalue weighted by Gasteiger charge is 2.23. The first-order chi connectivity index (χ1) is 10.7. The molecule has 2 nitrogen and oxygen atoms in total. The van der Waals surface area contributed by atoms with Gasteiger partial charge in [-0.25, -0.2) is 4.39 Å². The summed E-state index contributed by atoms with van der Waals surface area (Å²) in [4.78, 5) is 2.19. The van der Waals surface area contributed by atoms with Crippen LogP contribution >= 0.6 is 0 Å². The summed E-state index contributed by atoms with van der Waals surface area (Å²) in [7, 11) is 2.03. The van der Waals surface area contributed by atoms with Gasteiger partial charge in [0.1, 0.15) is 5.82 Å². The molecule has 0 radical (unpaired) electrons. The molecule has 1 unspecified atom stereocenters. The fourth-order valence-corrected chi connectivity index (χ4v) is 3.33. The summed E-state index contributed by atoms with van der Waals surface area (Å²) in [5, 5.41) is 8.98. The molecule has 0 N–H and O–H groups in total. The first kappa shape index (κ1) is 14.7. The smallest absolute Gasteiger partial charge is 0.127 e. The van der Waals surface area contributed by atoms with Gasteiger partial charge in [0.2, 0.25) is 0 Å². The van der Waals surface area contributed by atoms with Crippen molar-refractivity contribution in [1.82, 2.24) is 4.90 Å². The third-order valence-electron chi connectivity index (χ3n) is 4.46. The highest BCUT2D eigenvalue weighted by atomic mass is 19.1. The second kappa shape index (κ2) is 6.29. The Morgan fingerprint density at radius 1 is 1.27 bits per heavy atom. The van der Waals surface area contributed by atoms with Crippen LogP contribution in [-0.4, -0.2) is 11.9 Å². The number of aryl methyl sites for hydroxylation is 1. The van der Waals surface area contributed by atoms with E-state index in [1.165, 1.54) is 23.3 Å². The Kier molecular flexibility index (Phi) is 4.22. The van der Waals surface area contributed by atoms with Gasteiger partial charge in [-0.15, -0.1) is 0 Å². The van der Waals surface area contributed by atoms with Crippen LogP contribution in [0.4, 0.5) is 4.39 Å². The maximum atomic E-state index is 14.0. The molecule has 0 aromatic heterocycles. The van der Waals surface area contributed by atoms with E-state index in [1.807, 2.05) is 7.05 Å². The number of nitriles is 1. The number of hydrogen-bond donors (Lipinski definition) is 0. The van der Waals surface area contributed by atoms with E-state index < -0.39 is 0 Å². The minimum atomic E-state index is -0.241. The van der Waals surface area contributed by atoms with E-state index in [0.29, 0.717) is 23.7 Å². The summed E-state index contributed by atoms with van der Waals surface area (Å²) in [6.45, 7) is 0.514. The Morgan fingerprint density at radius 2 is 2.09 bits per heavy atom. The predicted octanol–water partition coefficient (Wildman–Crippen LogP) is 4.21. The number of benzene rings is 2. The minimum Gasteiger partial charge on any atom is -0.295 e. The van der Waals surface area contributed by atoms with Crippen LogP contribution in [0, 0.1) is 17.1 Å². The maximum Gasteiger partial charge on any atom is 0.127 e. The van der Waals surface area contributed by atoms with Crippen LogP contribution in [0.2, 0.25) is 0 Å².